The Labute approximate surface area is 259 Å². The minimum Gasteiger partial charge on any atom is -0.448 e. The van der Waals surface area contributed by atoms with Crippen molar-refractivity contribution in [2.45, 2.75) is 64.0 Å². The van der Waals surface area contributed by atoms with Crippen molar-refractivity contribution in [1.29, 1.82) is 0 Å². The molecule has 0 radical (unpaired) electrons. The summed E-state index contributed by atoms with van der Waals surface area (Å²) in [6, 6.07) is 11.2. The van der Waals surface area contributed by atoms with Gasteiger partial charge in [-0.2, -0.15) is 5.10 Å². The Morgan fingerprint density at radius 3 is 2.55 bits per heavy atom. The third kappa shape index (κ3) is 6.40. The highest BCUT2D eigenvalue weighted by atomic mass is 35.5. The summed E-state index contributed by atoms with van der Waals surface area (Å²) in [4.78, 5) is 46.1. The second-order valence-corrected chi connectivity index (χ2v) is 12.5. The number of nitrogens with zero attached hydrogens (tertiary/aromatic N) is 4. The topological polar surface area (TPSA) is 110 Å². The van der Waals surface area contributed by atoms with E-state index in [0.717, 1.165) is 37.1 Å². The molecular weight excluding hydrogens is 585 g/mol. The average Bonchev–Trinajstić information content (AvgIpc) is 3.55. The highest BCUT2D eigenvalue weighted by Gasteiger charge is 2.44. The molecule has 1 aliphatic heterocycles. The van der Waals surface area contributed by atoms with Gasteiger partial charge in [-0.25, -0.2) is 9.37 Å². The lowest BCUT2D eigenvalue weighted by Crippen LogP contribution is -2.54. The molecule has 1 saturated carbocycles. The van der Waals surface area contributed by atoms with Gasteiger partial charge in [0.1, 0.15) is 18.7 Å². The Morgan fingerprint density at radius 1 is 1.09 bits per heavy atom. The maximum Gasteiger partial charge on any atom is 0.287 e. The summed E-state index contributed by atoms with van der Waals surface area (Å²) in [5, 5.41) is 7.77. The van der Waals surface area contributed by atoms with E-state index in [2.05, 4.69) is 15.4 Å². The molecule has 1 atom stereocenters. The predicted octanol–water partition coefficient (Wildman–Crippen LogP) is 5.41. The van der Waals surface area contributed by atoms with E-state index in [-0.39, 0.29) is 34.5 Å². The minimum absolute atomic E-state index is 0.0123. The number of para-hydroxylation sites is 1. The zero-order valence-electron chi connectivity index (χ0n) is 24.4. The van der Waals surface area contributed by atoms with E-state index in [1.165, 1.54) is 44.2 Å². The fourth-order valence-corrected chi connectivity index (χ4v) is 7.11. The number of piperidine rings is 1. The first-order chi connectivity index (χ1) is 21.3. The molecule has 3 heterocycles. The molecule has 9 nitrogen and oxygen atoms in total. The first kappa shape index (κ1) is 30.0. The van der Waals surface area contributed by atoms with Crippen molar-refractivity contribution >= 4 is 34.4 Å². The highest BCUT2D eigenvalue weighted by molar-refractivity contribution is 6.30. The molecule has 230 valence electrons. The molecule has 2 aliphatic rings. The minimum atomic E-state index is -0.942. The predicted molar refractivity (Wildman–Crippen MR) is 164 cm³/mol. The Bertz CT molecular complexity index is 1680. The number of rotatable bonds is 8. The van der Waals surface area contributed by atoms with Crippen LogP contribution >= 0.6 is 11.6 Å². The molecule has 2 aromatic carbocycles. The number of halogens is 2. The van der Waals surface area contributed by atoms with Gasteiger partial charge in [-0.15, -0.1) is 0 Å². The summed E-state index contributed by atoms with van der Waals surface area (Å²) in [6.45, 7) is 1.86. The molecule has 0 spiro atoms. The van der Waals surface area contributed by atoms with Gasteiger partial charge in [0.15, 0.2) is 22.6 Å². The van der Waals surface area contributed by atoms with Crippen molar-refractivity contribution in [3.8, 4) is 0 Å². The normalized spacial score (nSPS) is 17.8. The van der Waals surface area contributed by atoms with Crippen molar-refractivity contribution in [3.05, 3.63) is 93.6 Å². The molecule has 1 aliphatic carbocycles. The summed E-state index contributed by atoms with van der Waals surface area (Å²) in [5.41, 5.74) is -0.0239. The lowest BCUT2D eigenvalue weighted by atomic mass is 9.63. The van der Waals surface area contributed by atoms with Gasteiger partial charge in [0.05, 0.1) is 5.39 Å². The van der Waals surface area contributed by atoms with Crippen molar-refractivity contribution < 1.29 is 18.4 Å². The lowest BCUT2D eigenvalue weighted by molar-refractivity contribution is -0.136. The van der Waals surface area contributed by atoms with Crippen LogP contribution in [0.25, 0.3) is 11.0 Å². The number of nitrogens with one attached hydrogen (secondary N) is 1. The average molecular weight is 620 g/mol. The zero-order chi connectivity index (χ0) is 30.7. The van der Waals surface area contributed by atoms with Crippen molar-refractivity contribution in [3.63, 3.8) is 0 Å². The number of carbonyl (C=O) groups excluding carboxylic acids is 2. The lowest BCUT2D eigenvalue weighted by Gasteiger charge is -2.48. The molecule has 1 saturated heterocycles. The van der Waals surface area contributed by atoms with E-state index < -0.39 is 23.2 Å². The maximum atomic E-state index is 14.4. The van der Waals surface area contributed by atoms with E-state index in [1.807, 2.05) is 21.7 Å². The van der Waals surface area contributed by atoms with Gasteiger partial charge in [-0.1, -0.05) is 49.1 Å². The third-order valence-corrected chi connectivity index (χ3v) is 9.62. The van der Waals surface area contributed by atoms with Crippen molar-refractivity contribution in [1.82, 2.24) is 25.0 Å². The molecule has 4 aromatic rings. The van der Waals surface area contributed by atoms with Crippen LogP contribution in [-0.4, -0.2) is 50.6 Å². The van der Waals surface area contributed by atoms with E-state index in [9.17, 15) is 18.8 Å². The number of hydrogen-bond donors (Lipinski definition) is 1. The Morgan fingerprint density at radius 2 is 1.84 bits per heavy atom. The molecule has 2 amide bonds. The van der Waals surface area contributed by atoms with Crippen LogP contribution in [0.1, 0.15) is 61.1 Å². The second kappa shape index (κ2) is 12.9. The molecule has 0 bridgehead atoms. The van der Waals surface area contributed by atoms with Crippen LogP contribution in [0.15, 0.2) is 70.4 Å². The van der Waals surface area contributed by atoms with Crippen LogP contribution in [0.2, 0.25) is 5.02 Å². The van der Waals surface area contributed by atoms with Crippen LogP contribution in [0, 0.1) is 17.2 Å². The fraction of sp³-hybridized carbons (Fsp3) is 0.424. The van der Waals surface area contributed by atoms with Crippen LogP contribution in [-0.2, 0) is 17.8 Å². The molecule has 6 rings (SSSR count). The summed E-state index contributed by atoms with van der Waals surface area (Å²) in [5.74, 6) is -1.54. The number of aromatic nitrogens is 3. The highest BCUT2D eigenvalue weighted by Crippen LogP contribution is 2.47. The van der Waals surface area contributed by atoms with Gasteiger partial charge in [0.25, 0.3) is 5.91 Å². The van der Waals surface area contributed by atoms with Gasteiger partial charge in [-0.05, 0) is 66.8 Å². The number of fused-ring (bicyclic) bond motifs is 1. The van der Waals surface area contributed by atoms with Gasteiger partial charge in [-0.3, -0.25) is 19.1 Å². The van der Waals surface area contributed by atoms with E-state index in [1.54, 1.807) is 24.8 Å². The van der Waals surface area contributed by atoms with Gasteiger partial charge in [0, 0.05) is 37.1 Å². The van der Waals surface area contributed by atoms with Gasteiger partial charge >= 0.3 is 0 Å². The third-order valence-electron chi connectivity index (χ3n) is 9.37. The first-order valence-electron chi connectivity index (χ1n) is 15.2. The molecule has 44 heavy (non-hydrogen) atoms. The summed E-state index contributed by atoms with van der Waals surface area (Å²) in [7, 11) is 0. The summed E-state index contributed by atoms with van der Waals surface area (Å²) < 4.78 is 21.9. The Hall–Kier alpha value is -4.05. The number of benzene rings is 2. The molecular formula is C33H35ClFN5O4. The largest absolute Gasteiger partial charge is 0.448 e. The number of carbonyl (C=O) groups is 2. The number of amides is 2. The molecule has 2 fully saturated rings. The second-order valence-electron chi connectivity index (χ2n) is 12.1. The number of hydrogen-bond acceptors (Lipinski definition) is 6. The SMILES string of the molecule is O=C(N[C@H](Cc1ccc(Cl)cc1)C(=O)N1CCC(Cn2cncn2)(C2CCCCC2)CC1)c1cc(=O)c2cccc(F)c2o1. The molecule has 2 aromatic heterocycles. The van der Waals surface area contributed by atoms with Crippen molar-refractivity contribution in [2.75, 3.05) is 13.1 Å². The van der Waals surface area contributed by atoms with Gasteiger partial charge in [0.2, 0.25) is 5.91 Å². The molecule has 0 unspecified atom stereocenters. The molecule has 1 N–H and O–H groups in total. The van der Waals surface area contributed by atoms with Crippen LogP contribution in [0.4, 0.5) is 4.39 Å². The summed E-state index contributed by atoms with van der Waals surface area (Å²) >= 11 is 6.09. The van der Waals surface area contributed by atoms with Crippen molar-refractivity contribution in [2.24, 2.45) is 11.3 Å². The van der Waals surface area contributed by atoms with Gasteiger partial charge < -0.3 is 14.6 Å². The Balaban J connectivity index is 1.23. The van der Waals surface area contributed by atoms with Crippen LogP contribution < -0.4 is 10.7 Å². The monoisotopic (exact) mass is 619 g/mol. The van der Waals surface area contributed by atoms with Crippen LogP contribution in [0.3, 0.4) is 0 Å². The van der Waals surface area contributed by atoms with E-state index in [4.69, 9.17) is 16.0 Å². The number of likely N-dealkylation sites (tertiary alicyclic amines) is 1. The smallest absolute Gasteiger partial charge is 0.287 e. The fourth-order valence-electron chi connectivity index (χ4n) is 6.98. The molecule has 11 heteroatoms. The standard InChI is InChI=1S/C33H35ClFN5O4/c34-24-11-9-22(10-12-24)17-27(38-31(42)29-18-28(41)25-7-4-8-26(35)30(25)44-29)32(43)39-15-13-33(14-16-39,19-40-21-36-20-37-40)23-5-2-1-3-6-23/h4,7-12,18,20-21,23,27H,1-3,5-6,13-17,19H2,(H,38,42)/t27-/m1/s1. The van der Waals surface area contributed by atoms with E-state index in [0.29, 0.717) is 24.0 Å². The van der Waals surface area contributed by atoms with Crippen LogP contribution in [0.5, 0.6) is 0 Å². The van der Waals surface area contributed by atoms with E-state index >= 15 is 0 Å². The Kier molecular flexibility index (Phi) is 8.79. The first-order valence-corrected chi connectivity index (χ1v) is 15.6. The zero-order valence-corrected chi connectivity index (χ0v) is 25.1. The quantitative estimate of drug-likeness (QED) is 0.283. The maximum absolute atomic E-state index is 14.4. The summed E-state index contributed by atoms with van der Waals surface area (Å²) in [6.07, 6.45) is 11.2.